The highest BCUT2D eigenvalue weighted by Gasteiger charge is 2.41. The van der Waals surface area contributed by atoms with Gasteiger partial charge < -0.3 is 14.6 Å². The van der Waals surface area contributed by atoms with Gasteiger partial charge in [-0.3, -0.25) is 14.3 Å². The maximum absolute atomic E-state index is 12.5. The summed E-state index contributed by atoms with van der Waals surface area (Å²) < 4.78 is 14.2. The largest absolute Gasteiger partial charge is 0.390 e. The summed E-state index contributed by atoms with van der Waals surface area (Å²) >= 11 is 0. The molecule has 4 aromatic rings. The fourth-order valence-electron chi connectivity index (χ4n) is 4.93. The van der Waals surface area contributed by atoms with Crippen LogP contribution in [0, 0.1) is 11.8 Å². The summed E-state index contributed by atoms with van der Waals surface area (Å²) in [7, 11) is 0. The van der Waals surface area contributed by atoms with Gasteiger partial charge in [0, 0.05) is 12.6 Å². The highest BCUT2D eigenvalue weighted by molar-refractivity contribution is 5.47. The van der Waals surface area contributed by atoms with Gasteiger partial charge in [0.15, 0.2) is 0 Å². The maximum Gasteiger partial charge on any atom is 0.330 e. The Morgan fingerprint density at radius 2 is 1.47 bits per heavy atom. The zero-order valence-electron chi connectivity index (χ0n) is 20.9. The number of H-pyrrole nitrogens is 1. The average Bonchev–Trinajstić information content (AvgIpc) is 3.32. The maximum atomic E-state index is 12.5. The van der Waals surface area contributed by atoms with Crippen molar-refractivity contribution in [3.8, 4) is 11.8 Å². The molecule has 0 saturated carbocycles. The second kappa shape index (κ2) is 11.0. The van der Waals surface area contributed by atoms with Crippen LogP contribution in [0.5, 0.6) is 0 Å². The molecular formula is C31H28N2O5. The number of benzene rings is 3. The number of ether oxygens (including phenoxy) is 2. The summed E-state index contributed by atoms with van der Waals surface area (Å²) in [5.74, 6) is 5.36. The summed E-state index contributed by atoms with van der Waals surface area (Å²) in [5, 5.41) is 10.9. The van der Waals surface area contributed by atoms with E-state index in [1.807, 2.05) is 91.0 Å². The van der Waals surface area contributed by atoms with E-state index >= 15 is 0 Å². The van der Waals surface area contributed by atoms with Crippen LogP contribution in [0.1, 0.15) is 41.8 Å². The number of aromatic nitrogens is 2. The van der Waals surface area contributed by atoms with E-state index in [1.165, 1.54) is 10.8 Å². The van der Waals surface area contributed by atoms with Gasteiger partial charge in [0.1, 0.15) is 23.5 Å². The van der Waals surface area contributed by atoms with Crippen molar-refractivity contribution in [2.24, 2.45) is 0 Å². The van der Waals surface area contributed by atoms with Gasteiger partial charge in [0.2, 0.25) is 0 Å². The van der Waals surface area contributed by atoms with Crippen LogP contribution in [0.15, 0.2) is 107 Å². The van der Waals surface area contributed by atoms with E-state index in [9.17, 15) is 14.7 Å². The first-order valence-corrected chi connectivity index (χ1v) is 12.4. The number of hydrogen-bond acceptors (Lipinski definition) is 5. The van der Waals surface area contributed by atoms with Crippen molar-refractivity contribution in [3.63, 3.8) is 0 Å². The standard InChI is InChI=1S/C31H28N2O5/c1-2-12-22-20-33(30(36)32-29(22)35)28-19-26(34)27(38-28)21-37-31(23-13-6-3-7-14-23,24-15-8-4-9-16-24)25-17-10-5-11-18-25/h3-11,13-18,20,26-28,34H,19,21H2,1H3,(H,32,35,36). The van der Waals surface area contributed by atoms with Crippen molar-refractivity contribution in [2.45, 2.75) is 37.4 Å². The number of hydrogen-bond donors (Lipinski definition) is 2. The molecule has 0 bridgehead atoms. The lowest BCUT2D eigenvalue weighted by Gasteiger charge is -2.37. The molecule has 7 nitrogen and oxygen atoms in total. The number of aliphatic hydroxyl groups excluding tert-OH is 1. The second-order valence-corrected chi connectivity index (χ2v) is 9.11. The van der Waals surface area contributed by atoms with Crippen LogP contribution in [0.4, 0.5) is 0 Å². The molecule has 1 fully saturated rings. The molecule has 2 heterocycles. The van der Waals surface area contributed by atoms with E-state index in [1.54, 1.807) is 6.92 Å². The molecule has 0 amide bonds. The van der Waals surface area contributed by atoms with Crippen LogP contribution in [0.25, 0.3) is 0 Å². The molecule has 0 spiro atoms. The highest BCUT2D eigenvalue weighted by atomic mass is 16.6. The minimum Gasteiger partial charge on any atom is -0.390 e. The van der Waals surface area contributed by atoms with Crippen LogP contribution < -0.4 is 11.2 Å². The molecule has 7 heteroatoms. The van der Waals surface area contributed by atoms with E-state index in [-0.39, 0.29) is 18.6 Å². The lowest BCUT2D eigenvalue weighted by atomic mass is 9.80. The van der Waals surface area contributed by atoms with Crippen LogP contribution in [0.3, 0.4) is 0 Å². The normalized spacial score (nSPS) is 19.1. The molecule has 1 saturated heterocycles. The van der Waals surface area contributed by atoms with Crippen LogP contribution in [0.2, 0.25) is 0 Å². The number of nitrogens with zero attached hydrogens (tertiary/aromatic N) is 1. The molecule has 3 atom stereocenters. The predicted octanol–water partition coefficient (Wildman–Crippen LogP) is 3.57. The molecule has 1 aromatic heterocycles. The van der Waals surface area contributed by atoms with Gasteiger partial charge in [-0.25, -0.2) is 4.79 Å². The van der Waals surface area contributed by atoms with Crippen molar-refractivity contribution < 1.29 is 14.6 Å². The van der Waals surface area contributed by atoms with Gasteiger partial charge in [-0.2, -0.15) is 0 Å². The topological polar surface area (TPSA) is 93.6 Å². The smallest absolute Gasteiger partial charge is 0.330 e. The SMILES string of the molecule is CC#Cc1cn(C2CC(O)C(COC(c3ccccc3)(c3ccccc3)c3ccccc3)O2)c(=O)[nH]c1=O. The molecule has 192 valence electrons. The third-order valence-electron chi connectivity index (χ3n) is 6.75. The molecule has 3 unspecified atom stereocenters. The quantitative estimate of drug-likeness (QED) is 0.294. The summed E-state index contributed by atoms with van der Waals surface area (Å²) in [6.07, 6.45) is -0.844. The monoisotopic (exact) mass is 508 g/mol. The lowest BCUT2D eigenvalue weighted by molar-refractivity contribution is -0.0944. The van der Waals surface area contributed by atoms with Crippen molar-refractivity contribution in [1.29, 1.82) is 0 Å². The zero-order valence-corrected chi connectivity index (χ0v) is 20.9. The van der Waals surface area contributed by atoms with E-state index < -0.39 is 35.3 Å². The first kappa shape index (κ1) is 25.4. The minimum absolute atomic E-state index is 0.0517. The van der Waals surface area contributed by atoms with Crippen LogP contribution >= 0.6 is 0 Å². The Balaban J connectivity index is 1.49. The summed E-state index contributed by atoms with van der Waals surface area (Å²) in [6.45, 7) is 1.66. The van der Waals surface area contributed by atoms with E-state index in [0.717, 1.165) is 16.7 Å². The molecule has 1 aliphatic heterocycles. The fourth-order valence-corrected chi connectivity index (χ4v) is 4.93. The van der Waals surface area contributed by atoms with Crippen LogP contribution in [-0.4, -0.2) is 33.5 Å². The summed E-state index contributed by atoms with van der Waals surface area (Å²) in [5.41, 5.74) is 0.799. The van der Waals surface area contributed by atoms with Gasteiger partial charge in [-0.1, -0.05) is 96.9 Å². The summed E-state index contributed by atoms with van der Waals surface area (Å²) in [4.78, 5) is 26.9. The van der Waals surface area contributed by atoms with Gasteiger partial charge in [0.25, 0.3) is 5.56 Å². The van der Waals surface area contributed by atoms with Crippen molar-refractivity contribution >= 4 is 0 Å². The van der Waals surface area contributed by atoms with Gasteiger partial charge in [-0.15, -0.1) is 5.92 Å². The van der Waals surface area contributed by atoms with Gasteiger partial charge in [-0.05, 0) is 23.6 Å². The molecule has 2 N–H and O–H groups in total. The second-order valence-electron chi connectivity index (χ2n) is 9.11. The summed E-state index contributed by atoms with van der Waals surface area (Å²) in [6, 6.07) is 29.8. The van der Waals surface area contributed by atoms with Crippen molar-refractivity contribution in [3.05, 3.63) is 140 Å². The Morgan fingerprint density at radius 3 is 1.97 bits per heavy atom. The molecule has 38 heavy (non-hydrogen) atoms. The van der Waals surface area contributed by atoms with E-state index in [2.05, 4.69) is 16.8 Å². The van der Waals surface area contributed by atoms with E-state index in [4.69, 9.17) is 9.47 Å². The number of nitrogens with one attached hydrogen (secondary N) is 1. The first-order valence-electron chi connectivity index (χ1n) is 12.4. The first-order chi connectivity index (χ1) is 18.5. The zero-order chi connectivity index (χ0) is 26.5. The average molecular weight is 509 g/mol. The van der Waals surface area contributed by atoms with Gasteiger partial charge >= 0.3 is 5.69 Å². The molecule has 5 rings (SSSR count). The minimum atomic E-state index is -0.969. The van der Waals surface area contributed by atoms with Gasteiger partial charge in [0.05, 0.1) is 12.7 Å². The van der Waals surface area contributed by atoms with Crippen molar-refractivity contribution in [1.82, 2.24) is 9.55 Å². The molecule has 0 radical (unpaired) electrons. The fraction of sp³-hybridized carbons (Fsp3) is 0.226. The lowest BCUT2D eigenvalue weighted by Crippen LogP contribution is -2.38. The Morgan fingerprint density at radius 1 is 0.947 bits per heavy atom. The Bertz CT molecular complexity index is 1460. The Hall–Kier alpha value is -4.22. The van der Waals surface area contributed by atoms with E-state index in [0.29, 0.717) is 0 Å². The molecule has 1 aliphatic rings. The highest BCUT2D eigenvalue weighted by Crippen LogP contribution is 2.41. The number of aromatic amines is 1. The molecular weight excluding hydrogens is 480 g/mol. The molecule has 3 aromatic carbocycles. The predicted molar refractivity (Wildman–Crippen MR) is 144 cm³/mol. The third kappa shape index (κ3) is 4.85. The number of aliphatic hydroxyl groups is 1. The van der Waals surface area contributed by atoms with Crippen molar-refractivity contribution in [2.75, 3.05) is 6.61 Å². The Labute approximate surface area is 220 Å². The number of rotatable bonds is 7. The van der Waals surface area contributed by atoms with Crippen LogP contribution in [-0.2, 0) is 15.1 Å². The molecule has 0 aliphatic carbocycles. The Kier molecular flexibility index (Phi) is 7.38. The third-order valence-corrected chi connectivity index (χ3v) is 6.75.